The van der Waals surface area contributed by atoms with Crippen LogP contribution in [0.25, 0.3) is 0 Å². The second-order valence-corrected chi connectivity index (χ2v) is 9.90. The predicted octanol–water partition coefficient (Wildman–Crippen LogP) is 5.45. The van der Waals surface area contributed by atoms with Gasteiger partial charge in [-0.1, -0.05) is 80.3 Å². The van der Waals surface area contributed by atoms with E-state index in [1.165, 1.54) is 28.0 Å². The molecular weight excluding hydrogens is 402 g/mol. The molecule has 3 rings (SSSR count). The Morgan fingerprint density at radius 2 is 1.83 bits per heavy atom. The van der Waals surface area contributed by atoms with Crippen LogP contribution in [-0.2, 0) is 16.0 Å². The molecule has 0 spiro atoms. The summed E-state index contributed by atoms with van der Waals surface area (Å²) in [5.41, 5.74) is 3.83. The minimum absolute atomic E-state index is 0.0693. The number of amides is 1. The van der Waals surface area contributed by atoms with E-state index in [2.05, 4.69) is 55.3 Å². The molecule has 3 aromatic rings. The van der Waals surface area contributed by atoms with Crippen molar-refractivity contribution in [1.82, 2.24) is 10.2 Å². The standard InChI is InChI=1S/C22H25N3O2S2/c1-15-7-5-6-8-16(15)14-28-21-25-24-20(29-21)23-19(26)13-27-18-11-9-17(10-12-18)22(2,3)4/h5-12H,13-14H2,1-4H3,(H,23,24,26). The van der Waals surface area contributed by atoms with Crippen LogP contribution in [0.4, 0.5) is 5.13 Å². The molecule has 5 nitrogen and oxygen atoms in total. The van der Waals surface area contributed by atoms with Crippen molar-refractivity contribution in [3.05, 3.63) is 65.2 Å². The molecule has 1 N–H and O–H groups in total. The predicted molar refractivity (Wildman–Crippen MR) is 120 cm³/mol. The average molecular weight is 428 g/mol. The third-order valence-corrected chi connectivity index (χ3v) is 6.38. The second kappa shape index (κ2) is 9.41. The Hall–Kier alpha value is -2.38. The monoisotopic (exact) mass is 427 g/mol. The summed E-state index contributed by atoms with van der Waals surface area (Å²) in [6, 6.07) is 16.1. The maximum atomic E-state index is 12.1. The Bertz CT molecular complexity index is 963. The summed E-state index contributed by atoms with van der Waals surface area (Å²) in [5.74, 6) is 1.24. The average Bonchev–Trinajstić information content (AvgIpc) is 3.12. The van der Waals surface area contributed by atoms with Crippen molar-refractivity contribution in [3.8, 4) is 5.75 Å². The number of nitrogens with one attached hydrogen (secondary N) is 1. The SMILES string of the molecule is Cc1ccccc1CSc1nnc(NC(=O)COc2ccc(C(C)(C)C)cc2)s1. The maximum absolute atomic E-state index is 12.1. The largest absolute Gasteiger partial charge is 0.484 e. The number of anilines is 1. The van der Waals surface area contributed by atoms with Gasteiger partial charge < -0.3 is 4.74 Å². The van der Waals surface area contributed by atoms with Crippen LogP contribution in [0, 0.1) is 6.92 Å². The van der Waals surface area contributed by atoms with Crippen molar-refractivity contribution in [2.45, 2.75) is 43.2 Å². The molecule has 0 aliphatic heterocycles. The minimum atomic E-state index is -0.253. The van der Waals surface area contributed by atoms with Gasteiger partial charge in [-0.25, -0.2) is 0 Å². The summed E-state index contributed by atoms with van der Waals surface area (Å²) in [5, 5.41) is 11.4. The number of aryl methyl sites for hydroxylation is 1. The van der Waals surface area contributed by atoms with Gasteiger partial charge in [0.1, 0.15) is 5.75 Å². The molecule has 0 saturated carbocycles. The summed E-state index contributed by atoms with van der Waals surface area (Å²) < 4.78 is 6.39. The minimum Gasteiger partial charge on any atom is -0.484 e. The number of benzene rings is 2. The molecular formula is C22H25N3O2S2. The first-order valence-electron chi connectivity index (χ1n) is 9.35. The Labute approximate surface area is 179 Å². The number of nitrogens with zero attached hydrogens (tertiary/aromatic N) is 2. The number of hydrogen-bond acceptors (Lipinski definition) is 6. The molecule has 152 valence electrons. The van der Waals surface area contributed by atoms with Gasteiger partial charge in [0.05, 0.1) is 0 Å². The lowest BCUT2D eigenvalue weighted by molar-refractivity contribution is -0.118. The van der Waals surface area contributed by atoms with Gasteiger partial charge in [0, 0.05) is 5.75 Å². The van der Waals surface area contributed by atoms with Gasteiger partial charge in [-0.05, 0) is 41.2 Å². The Kier molecular flexibility index (Phi) is 6.92. The summed E-state index contributed by atoms with van der Waals surface area (Å²) in [6.45, 7) is 8.50. The quantitative estimate of drug-likeness (QED) is 0.401. The highest BCUT2D eigenvalue weighted by Crippen LogP contribution is 2.29. The van der Waals surface area contributed by atoms with Gasteiger partial charge in [-0.2, -0.15) is 0 Å². The fraction of sp³-hybridized carbons (Fsp3) is 0.318. The highest BCUT2D eigenvalue weighted by atomic mass is 32.2. The van der Waals surface area contributed by atoms with E-state index in [9.17, 15) is 4.79 Å². The van der Waals surface area contributed by atoms with Crippen LogP contribution >= 0.6 is 23.1 Å². The molecule has 2 aromatic carbocycles. The third-order valence-electron chi connectivity index (χ3n) is 4.36. The molecule has 0 fully saturated rings. The Morgan fingerprint density at radius 3 is 2.52 bits per heavy atom. The van der Waals surface area contributed by atoms with E-state index in [0.717, 1.165) is 10.1 Å². The molecule has 0 radical (unpaired) electrons. The molecule has 0 saturated heterocycles. The van der Waals surface area contributed by atoms with E-state index in [0.29, 0.717) is 10.9 Å². The van der Waals surface area contributed by atoms with Crippen LogP contribution in [0.15, 0.2) is 52.9 Å². The van der Waals surface area contributed by atoms with Gasteiger partial charge in [-0.15, -0.1) is 10.2 Å². The first kappa shape index (κ1) is 21.3. The first-order chi connectivity index (χ1) is 13.8. The number of thioether (sulfide) groups is 1. The van der Waals surface area contributed by atoms with Crippen molar-refractivity contribution in [2.75, 3.05) is 11.9 Å². The van der Waals surface area contributed by atoms with Crippen LogP contribution < -0.4 is 10.1 Å². The number of rotatable bonds is 7. The number of carbonyl (C=O) groups excluding carboxylic acids is 1. The van der Waals surface area contributed by atoms with E-state index in [4.69, 9.17) is 4.74 Å². The number of carbonyl (C=O) groups is 1. The zero-order valence-electron chi connectivity index (χ0n) is 17.1. The fourth-order valence-corrected chi connectivity index (χ4v) is 4.43. The molecule has 0 aliphatic carbocycles. The third kappa shape index (κ3) is 6.30. The lowest BCUT2D eigenvalue weighted by Gasteiger charge is -2.19. The molecule has 1 aromatic heterocycles. The summed E-state index contributed by atoms with van der Waals surface area (Å²) in [6.07, 6.45) is 0. The van der Waals surface area contributed by atoms with Crippen LogP contribution in [-0.4, -0.2) is 22.7 Å². The zero-order chi connectivity index (χ0) is 20.9. The van der Waals surface area contributed by atoms with Crippen LogP contribution in [0.3, 0.4) is 0 Å². The first-order valence-corrected chi connectivity index (χ1v) is 11.2. The van der Waals surface area contributed by atoms with Crippen LogP contribution in [0.1, 0.15) is 37.5 Å². The zero-order valence-corrected chi connectivity index (χ0v) is 18.7. The van der Waals surface area contributed by atoms with Crippen molar-refractivity contribution in [2.24, 2.45) is 0 Å². The van der Waals surface area contributed by atoms with Gasteiger partial charge >= 0.3 is 0 Å². The van der Waals surface area contributed by atoms with E-state index < -0.39 is 0 Å². The smallest absolute Gasteiger partial charge is 0.264 e. The van der Waals surface area contributed by atoms with Crippen molar-refractivity contribution in [3.63, 3.8) is 0 Å². The number of hydrogen-bond donors (Lipinski definition) is 1. The van der Waals surface area contributed by atoms with Crippen LogP contribution in [0.5, 0.6) is 5.75 Å². The molecule has 7 heteroatoms. The normalized spacial score (nSPS) is 11.3. The van der Waals surface area contributed by atoms with Crippen molar-refractivity contribution in [1.29, 1.82) is 0 Å². The van der Waals surface area contributed by atoms with E-state index in [-0.39, 0.29) is 17.9 Å². The lowest BCUT2D eigenvalue weighted by atomic mass is 9.87. The maximum Gasteiger partial charge on any atom is 0.264 e. The highest BCUT2D eigenvalue weighted by Gasteiger charge is 2.14. The lowest BCUT2D eigenvalue weighted by Crippen LogP contribution is -2.20. The molecule has 1 amide bonds. The summed E-state index contributed by atoms with van der Waals surface area (Å²) in [7, 11) is 0. The van der Waals surface area contributed by atoms with Crippen LogP contribution in [0.2, 0.25) is 0 Å². The van der Waals surface area contributed by atoms with E-state index >= 15 is 0 Å². The summed E-state index contributed by atoms with van der Waals surface area (Å²) in [4.78, 5) is 12.1. The number of ether oxygens (including phenoxy) is 1. The molecule has 1 heterocycles. The second-order valence-electron chi connectivity index (χ2n) is 7.70. The van der Waals surface area contributed by atoms with Gasteiger partial charge in [0.2, 0.25) is 5.13 Å². The molecule has 0 unspecified atom stereocenters. The fourth-order valence-electron chi connectivity index (χ4n) is 2.59. The topological polar surface area (TPSA) is 64.1 Å². The molecule has 29 heavy (non-hydrogen) atoms. The van der Waals surface area contributed by atoms with Gasteiger partial charge in [-0.3, -0.25) is 10.1 Å². The van der Waals surface area contributed by atoms with Crippen molar-refractivity contribution < 1.29 is 9.53 Å². The Balaban J connectivity index is 1.47. The highest BCUT2D eigenvalue weighted by molar-refractivity contribution is 8.00. The molecule has 0 aliphatic rings. The van der Waals surface area contributed by atoms with E-state index in [1.54, 1.807) is 11.8 Å². The van der Waals surface area contributed by atoms with Crippen molar-refractivity contribution >= 4 is 34.1 Å². The molecule has 0 bridgehead atoms. The van der Waals surface area contributed by atoms with E-state index in [1.807, 2.05) is 36.4 Å². The molecule has 0 atom stereocenters. The number of aromatic nitrogens is 2. The Morgan fingerprint density at radius 1 is 1.10 bits per heavy atom. The van der Waals surface area contributed by atoms with Gasteiger partial charge in [0.15, 0.2) is 10.9 Å². The van der Waals surface area contributed by atoms with Gasteiger partial charge in [0.25, 0.3) is 5.91 Å². The summed E-state index contributed by atoms with van der Waals surface area (Å²) >= 11 is 2.98.